The number of nitrogen functional groups attached to an aromatic ring is 1. The number of aromatic nitrogens is 5. The quantitative estimate of drug-likeness (QED) is 0.409. The van der Waals surface area contributed by atoms with Crippen LogP contribution in [0.4, 0.5) is 5.82 Å². The molecule has 0 fully saturated rings. The van der Waals surface area contributed by atoms with Gasteiger partial charge in [-0.1, -0.05) is 6.42 Å². The number of anilines is 1. The molecule has 0 aliphatic heterocycles. The van der Waals surface area contributed by atoms with Gasteiger partial charge in [-0.15, -0.1) is 11.3 Å². The van der Waals surface area contributed by atoms with Gasteiger partial charge in [-0.3, -0.25) is 0 Å². The number of esters is 1. The first-order valence-electron chi connectivity index (χ1n) is 9.65. The number of nitrogens with zero attached hydrogens (tertiary/aromatic N) is 5. The SMILES string of the molecule is Cc1nn2cccnc2c1C(=O)OCc1nc(N)c2c3c(sc2n1)CCCCC3. The standard InChI is InChI=1S/C20H20N6O2S/c1-11-15(18-22-8-5-9-26(18)25-11)20(27)28-10-14-23-17(21)16-12-6-3-2-4-7-13(12)29-19(16)24-14/h5,8-9H,2-4,6-7,10H2,1H3,(H2,21,23,24). The Bertz CT molecular complexity index is 1240. The largest absolute Gasteiger partial charge is 0.454 e. The van der Waals surface area contributed by atoms with Gasteiger partial charge in [0.1, 0.15) is 16.2 Å². The Balaban J connectivity index is 1.42. The predicted molar refractivity (Wildman–Crippen MR) is 110 cm³/mol. The first kappa shape index (κ1) is 18.0. The van der Waals surface area contributed by atoms with E-state index >= 15 is 0 Å². The average Bonchev–Trinajstić information content (AvgIpc) is 3.13. The van der Waals surface area contributed by atoms with Crippen LogP contribution in [0.5, 0.6) is 0 Å². The second kappa shape index (κ2) is 7.07. The Hall–Kier alpha value is -3.07. The molecule has 0 saturated carbocycles. The zero-order chi connectivity index (χ0) is 20.0. The summed E-state index contributed by atoms with van der Waals surface area (Å²) in [6, 6.07) is 1.75. The van der Waals surface area contributed by atoms with Gasteiger partial charge in [-0.25, -0.2) is 24.3 Å². The van der Waals surface area contributed by atoms with Crippen LogP contribution >= 0.6 is 11.3 Å². The molecule has 2 N–H and O–H groups in total. The van der Waals surface area contributed by atoms with Gasteiger partial charge in [-0.05, 0) is 44.2 Å². The molecule has 0 atom stereocenters. The fraction of sp³-hybridized carbons (Fsp3) is 0.350. The summed E-state index contributed by atoms with van der Waals surface area (Å²) in [6.07, 6.45) is 9.07. The predicted octanol–water partition coefficient (Wildman–Crippen LogP) is 3.25. The third kappa shape index (κ3) is 3.11. The molecule has 4 aromatic heterocycles. The van der Waals surface area contributed by atoms with Crippen LogP contribution in [0.3, 0.4) is 0 Å². The van der Waals surface area contributed by atoms with Crippen LogP contribution in [0.25, 0.3) is 15.9 Å². The molecule has 5 rings (SSSR count). The molecule has 0 amide bonds. The second-order valence-electron chi connectivity index (χ2n) is 7.19. The molecule has 0 saturated heterocycles. The summed E-state index contributed by atoms with van der Waals surface area (Å²) in [5.41, 5.74) is 8.95. The number of ether oxygens (including phenoxy) is 1. The van der Waals surface area contributed by atoms with Gasteiger partial charge >= 0.3 is 5.97 Å². The van der Waals surface area contributed by atoms with Gasteiger partial charge in [0, 0.05) is 17.3 Å². The molecular formula is C20H20N6O2S. The number of nitrogens with two attached hydrogens (primary N) is 1. The van der Waals surface area contributed by atoms with Crippen molar-refractivity contribution >= 4 is 39.0 Å². The minimum Gasteiger partial charge on any atom is -0.454 e. The van der Waals surface area contributed by atoms with Crippen molar-refractivity contribution in [1.82, 2.24) is 24.6 Å². The highest BCUT2D eigenvalue weighted by atomic mass is 32.1. The maximum Gasteiger partial charge on any atom is 0.344 e. The van der Waals surface area contributed by atoms with E-state index in [-0.39, 0.29) is 6.61 Å². The first-order valence-corrected chi connectivity index (χ1v) is 10.5. The highest BCUT2D eigenvalue weighted by Gasteiger charge is 2.22. The van der Waals surface area contributed by atoms with Crippen LogP contribution in [-0.4, -0.2) is 30.5 Å². The van der Waals surface area contributed by atoms with E-state index in [2.05, 4.69) is 20.1 Å². The van der Waals surface area contributed by atoms with Gasteiger partial charge in [0.2, 0.25) is 0 Å². The summed E-state index contributed by atoms with van der Waals surface area (Å²) >= 11 is 1.68. The molecule has 9 heteroatoms. The Morgan fingerprint density at radius 3 is 3.03 bits per heavy atom. The van der Waals surface area contributed by atoms with Crippen LogP contribution in [-0.2, 0) is 24.2 Å². The molecule has 4 aromatic rings. The molecule has 8 nitrogen and oxygen atoms in total. The third-order valence-electron chi connectivity index (χ3n) is 5.25. The molecule has 0 radical (unpaired) electrons. The fourth-order valence-corrected chi connectivity index (χ4v) is 5.20. The number of carbonyl (C=O) groups is 1. The second-order valence-corrected chi connectivity index (χ2v) is 8.28. The molecule has 0 bridgehead atoms. The summed E-state index contributed by atoms with van der Waals surface area (Å²) < 4.78 is 7.04. The molecular weight excluding hydrogens is 388 g/mol. The summed E-state index contributed by atoms with van der Waals surface area (Å²) in [5.74, 6) is 0.372. The van der Waals surface area contributed by atoms with Crippen molar-refractivity contribution in [2.45, 2.75) is 45.6 Å². The number of fused-ring (bicyclic) bond motifs is 4. The van der Waals surface area contributed by atoms with Crippen LogP contribution in [0.15, 0.2) is 18.5 Å². The highest BCUT2D eigenvalue weighted by Crippen LogP contribution is 2.37. The van der Waals surface area contributed by atoms with E-state index in [1.165, 1.54) is 29.7 Å². The lowest BCUT2D eigenvalue weighted by Crippen LogP contribution is -2.10. The van der Waals surface area contributed by atoms with Crippen LogP contribution < -0.4 is 5.73 Å². The van der Waals surface area contributed by atoms with Crippen molar-refractivity contribution in [3.05, 3.63) is 46.0 Å². The van der Waals surface area contributed by atoms with Crippen molar-refractivity contribution in [2.24, 2.45) is 0 Å². The van der Waals surface area contributed by atoms with Crippen molar-refractivity contribution in [3.63, 3.8) is 0 Å². The normalized spacial score (nSPS) is 14.1. The molecule has 1 aliphatic carbocycles. The Labute approximate surface area is 170 Å². The van der Waals surface area contributed by atoms with E-state index in [1.54, 1.807) is 41.2 Å². The van der Waals surface area contributed by atoms with Crippen LogP contribution in [0.2, 0.25) is 0 Å². The highest BCUT2D eigenvalue weighted by molar-refractivity contribution is 7.19. The van der Waals surface area contributed by atoms with Crippen molar-refractivity contribution in [3.8, 4) is 0 Å². The lowest BCUT2D eigenvalue weighted by molar-refractivity contribution is 0.0464. The first-order chi connectivity index (χ1) is 14.1. The zero-order valence-corrected chi connectivity index (χ0v) is 16.8. The minimum atomic E-state index is -0.500. The molecule has 29 heavy (non-hydrogen) atoms. The number of carbonyl (C=O) groups excluding carboxylic acids is 1. The molecule has 0 unspecified atom stereocenters. The van der Waals surface area contributed by atoms with Gasteiger partial charge in [-0.2, -0.15) is 5.10 Å². The number of rotatable bonds is 3. The average molecular weight is 408 g/mol. The van der Waals surface area contributed by atoms with E-state index in [0.29, 0.717) is 28.5 Å². The van der Waals surface area contributed by atoms with E-state index in [9.17, 15) is 4.79 Å². The summed E-state index contributed by atoms with van der Waals surface area (Å²) in [6.45, 7) is 1.70. The number of hydrogen-bond donors (Lipinski definition) is 1. The van der Waals surface area contributed by atoms with E-state index in [4.69, 9.17) is 10.5 Å². The monoisotopic (exact) mass is 408 g/mol. The zero-order valence-electron chi connectivity index (χ0n) is 16.0. The van der Waals surface area contributed by atoms with E-state index in [0.717, 1.165) is 23.1 Å². The molecule has 1 aliphatic rings. The Morgan fingerprint density at radius 1 is 1.28 bits per heavy atom. The lowest BCUT2D eigenvalue weighted by Gasteiger charge is -2.06. The van der Waals surface area contributed by atoms with Crippen molar-refractivity contribution in [2.75, 3.05) is 5.73 Å². The van der Waals surface area contributed by atoms with Gasteiger partial charge in [0.05, 0.1) is 11.1 Å². The Morgan fingerprint density at radius 2 is 2.14 bits per heavy atom. The molecule has 0 aromatic carbocycles. The molecule has 4 heterocycles. The Kier molecular flexibility index (Phi) is 4.39. The summed E-state index contributed by atoms with van der Waals surface area (Å²) in [5, 5.41) is 5.27. The van der Waals surface area contributed by atoms with E-state index < -0.39 is 5.97 Å². The third-order valence-corrected chi connectivity index (χ3v) is 6.43. The van der Waals surface area contributed by atoms with Crippen LogP contribution in [0.1, 0.15) is 51.6 Å². The fourth-order valence-electron chi connectivity index (χ4n) is 3.91. The van der Waals surface area contributed by atoms with Crippen molar-refractivity contribution in [1.29, 1.82) is 0 Å². The maximum atomic E-state index is 12.7. The number of thiophene rings is 1. The molecule has 0 spiro atoms. The maximum absolute atomic E-state index is 12.7. The number of hydrogen-bond acceptors (Lipinski definition) is 8. The van der Waals surface area contributed by atoms with E-state index in [1.807, 2.05) is 0 Å². The lowest BCUT2D eigenvalue weighted by atomic mass is 10.1. The van der Waals surface area contributed by atoms with Gasteiger partial charge in [0.25, 0.3) is 0 Å². The molecule has 148 valence electrons. The van der Waals surface area contributed by atoms with Crippen molar-refractivity contribution < 1.29 is 9.53 Å². The van der Waals surface area contributed by atoms with Gasteiger partial charge in [0.15, 0.2) is 18.1 Å². The topological polar surface area (TPSA) is 108 Å². The van der Waals surface area contributed by atoms with Gasteiger partial charge < -0.3 is 10.5 Å². The summed E-state index contributed by atoms with van der Waals surface area (Å²) in [4.78, 5) is 28.2. The number of aryl methyl sites for hydroxylation is 3. The van der Waals surface area contributed by atoms with Crippen LogP contribution in [0, 0.1) is 6.92 Å². The summed E-state index contributed by atoms with van der Waals surface area (Å²) in [7, 11) is 0. The minimum absolute atomic E-state index is 0.0504. The smallest absolute Gasteiger partial charge is 0.344 e.